The quantitative estimate of drug-likeness (QED) is 0.312. The van der Waals surface area contributed by atoms with Gasteiger partial charge < -0.3 is 9.30 Å². The molecule has 0 radical (unpaired) electrons. The molecule has 0 atom stereocenters. The van der Waals surface area contributed by atoms with Crippen LogP contribution in [0.1, 0.15) is 17.0 Å². The molecular formula is C23H23Cl3N4O4S. The number of halogens is 3. The molecule has 2 aromatic carbocycles. The molecule has 1 heterocycles. The van der Waals surface area contributed by atoms with Crippen molar-refractivity contribution in [2.45, 2.75) is 13.8 Å². The van der Waals surface area contributed by atoms with Gasteiger partial charge in [0, 0.05) is 22.6 Å². The third-order valence-electron chi connectivity index (χ3n) is 5.14. The highest BCUT2D eigenvalue weighted by atomic mass is 35.5. The van der Waals surface area contributed by atoms with E-state index in [1.54, 1.807) is 12.1 Å². The van der Waals surface area contributed by atoms with Crippen molar-refractivity contribution in [1.82, 2.24) is 9.99 Å². The summed E-state index contributed by atoms with van der Waals surface area (Å²) in [5.74, 6) is -0.242. The molecule has 35 heavy (non-hydrogen) atoms. The van der Waals surface area contributed by atoms with Crippen molar-refractivity contribution in [1.29, 1.82) is 0 Å². The normalized spacial score (nSPS) is 11.6. The molecule has 1 aromatic heterocycles. The van der Waals surface area contributed by atoms with Gasteiger partial charge in [-0.3, -0.25) is 9.10 Å². The topological polar surface area (TPSA) is 93.0 Å². The Morgan fingerprint density at radius 3 is 2.40 bits per heavy atom. The number of carbonyl (C=O) groups excluding carboxylic acids is 1. The summed E-state index contributed by atoms with van der Waals surface area (Å²) >= 11 is 18.3. The number of aromatic nitrogens is 1. The number of ether oxygens (including phenoxy) is 1. The molecule has 0 saturated carbocycles. The highest BCUT2D eigenvalue weighted by Gasteiger charge is 2.22. The third-order valence-corrected chi connectivity index (χ3v) is 7.31. The summed E-state index contributed by atoms with van der Waals surface area (Å²) in [5, 5.41) is 5.12. The van der Waals surface area contributed by atoms with E-state index in [4.69, 9.17) is 39.5 Å². The molecule has 1 amide bonds. The fourth-order valence-electron chi connectivity index (χ4n) is 3.49. The fourth-order valence-corrected chi connectivity index (χ4v) is 4.88. The Labute approximate surface area is 219 Å². The van der Waals surface area contributed by atoms with E-state index < -0.39 is 22.5 Å². The van der Waals surface area contributed by atoms with Crippen LogP contribution in [0.25, 0.3) is 5.69 Å². The first-order valence-electron chi connectivity index (χ1n) is 10.2. The average molecular weight is 558 g/mol. The van der Waals surface area contributed by atoms with Gasteiger partial charge in [-0.05, 0) is 56.3 Å². The molecule has 0 fully saturated rings. The van der Waals surface area contributed by atoms with Crippen LogP contribution in [-0.2, 0) is 14.8 Å². The van der Waals surface area contributed by atoms with Crippen LogP contribution in [0.15, 0.2) is 47.6 Å². The molecule has 12 heteroatoms. The number of methoxy groups -OCH3 is 1. The Morgan fingerprint density at radius 2 is 1.80 bits per heavy atom. The standard InChI is InChI=1S/C23H23Cl3N4O4S/c1-14-9-16(15(2)30(14)18-5-7-19(24)20(25)11-18)12-27-28-23(31)13-29(35(4,32)33)17-6-8-22(34-3)21(26)10-17/h5-12H,13H2,1-4H3,(H,28,31)/b27-12-. The first-order chi connectivity index (χ1) is 16.4. The zero-order chi connectivity index (χ0) is 25.9. The van der Waals surface area contributed by atoms with Crippen molar-refractivity contribution in [2.75, 3.05) is 24.2 Å². The van der Waals surface area contributed by atoms with Crippen molar-refractivity contribution >= 4 is 62.6 Å². The van der Waals surface area contributed by atoms with E-state index in [1.807, 2.05) is 30.5 Å². The van der Waals surface area contributed by atoms with Crippen LogP contribution in [-0.4, -0.2) is 45.0 Å². The Morgan fingerprint density at radius 1 is 1.09 bits per heavy atom. The van der Waals surface area contributed by atoms with Gasteiger partial charge in [0.25, 0.3) is 5.91 Å². The Bertz CT molecular complexity index is 1400. The van der Waals surface area contributed by atoms with Crippen LogP contribution in [0.3, 0.4) is 0 Å². The average Bonchev–Trinajstić information content (AvgIpc) is 3.06. The summed E-state index contributed by atoms with van der Waals surface area (Å²) < 4.78 is 32.6. The van der Waals surface area contributed by atoms with E-state index in [9.17, 15) is 13.2 Å². The Hall–Kier alpha value is -2.72. The highest BCUT2D eigenvalue weighted by Crippen LogP contribution is 2.30. The minimum absolute atomic E-state index is 0.217. The number of nitrogens with one attached hydrogen (secondary N) is 1. The second-order valence-corrected chi connectivity index (χ2v) is 10.8. The third kappa shape index (κ3) is 6.29. The fraction of sp³-hybridized carbons (Fsp3) is 0.217. The van der Waals surface area contributed by atoms with Crippen molar-refractivity contribution in [3.05, 3.63) is 74.5 Å². The SMILES string of the molecule is COc1ccc(N(CC(=O)N/N=C\c2cc(C)n(-c3ccc(Cl)c(Cl)c3)c2C)S(C)(=O)=O)cc1Cl. The number of amides is 1. The molecule has 0 aliphatic carbocycles. The number of anilines is 1. The molecule has 1 N–H and O–H groups in total. The van der Waals surface area contributed by atoms with Gasteiger partial charge in [0.2, 0.25) is 10.0 Å². The van der Waals surface area contributed by atoms with Gasteiger partial charge in [-0.2, -0.15) is 5.10 Å². The Kier molecular flexibility index (Phi) is 8.38. The van der Waals surface area contributed by atoms with Gasteiger partial charge in [0.05, 0.1) is 40.3 Å². The van der Waals surface area contributed by atoms with Crippen LogP contribution < -0.4 is 14.5 Å². The molecule has 0 aliphatic rings. The summed E-state index contributed by atoms with van der Waals surface area (Å²) in [6.07, 6.45) is 2.49. The highest BCUT2D eigenvalue weighted by molar-refractivity contribution is 7.92. The van der Waals surface area contributed by atoms with Crippen molar-refractivity contribution in [3.8, 4) is 11.4 Å². The number of sulfonamides is 1. The van der Waals surface area contributed by atoms with E-state index in [0.29, 0.717) is 15.8 Å². The minimum Gasteiger partial charge on any atom is -0.495 e. The lowest BCUT2D eigenvalue weighted by Crippen LogP contribution is -2.39. The number of rotatable bonds is 8. The molecule has 0 saturated heterocycles. The summed E-state index contributed by atoms with van der Waals surface area (Å²) in [6, 6.07) is 11.7. The largest absolute Gasteiger partial charge is 0.495 e. The summed E-state index contributed by atoms with van der Waals surface area (Å²) in [5.41, 5.74) is 5.98. The molecule has 3 aromatic rings. The second-order valence-electron chi connectivity index (χ2n) is 7.64. The number of carbonyl (C=O) groups is 1. The van der Waals surface area contributed by atoms with Crippen molar-refractivity contribution in [2.24, 2.45) is 5.10 Å². The molecule has 0 bridgehead atoms. The molecule has 8 nitrogen and oxygen atoms in total. The summed E-state index contributed by atoms with van der Waals surface area (Å²) in [6.45, 7) is 3.34. The van der Waals surface area contributed by atoms with Crippen LogP contribution in [0.4, 0.5) is 5.69 Å². The first-order valence-corrected chi connectivity index (χ1v) is 13.2. The van der Waals surface area contributed by atoms with Crippen LogP contribution in [0.5, 0.6) is 5.75 Å². The zero-order valence-electron chi connectivity index (χ0n) is 19.3. The lowest BCUT2D eigenvalue weighted by molar-refractivity contribution is -0.119. The van der Waals surface area contributed by atoms with Crippen molar-refractivity contribution < 1.29 is 17.9 Å². The van der Waals surface area contributed by atoms with Gasteiger partial charge in [-0.25, -0.2) is 13.8 Å². The predicted molar refractivity (Wildman–Crippen MR) is 141 cm³/mol. The van der Waals surface area contributed by atoms with E-state index in [2.05, 4.69) is 10.5 Å². The molecule has 3 rings (SSSR count). The summed E-state index contributed by atoms with van der Waals surface area (Å²) in [7, 11) is -2.33. The molecule has 186 valence electrons. The smallest absolute Gasteiger partial charge is 0.260 e. The number of hydrazone groups is 1. The molecule has 0 unspecified atom stereocenters. The lowest BCUT2D eigenvalue weighted by atomic mass is 10.2. The molecular weight excluding hydrogens is 535 g/mol. The number of benzene rings is 2. The van der Waals surface area contributed by atoms with Gasteiger partial charge >= 0.3 is 0 Å². The minimum atomic E-state index is -3.78. The molecule has 0 aliphatic heterocycles. The van der Waals surface area contributed by atoms with Crippen LogP contribution in [0.2, 0.25) is 15.1 Å². The maximum atomic E-state index is 12.5. The van der Waals surface area contributed by atoms with Crippen LogP contribution in [0, 0.1) is 13.8 Å². The number of hydrogen-bond donors (Lipinski definition) is 1. The first kappa shape index (κ1) is 26.9. The van der Waals surface area contributed by atoms with Crippen molar-refractivity contribution in [3.63, 3.8) is 0 Å². The predicted octanol–water partition coefficient (Wildman–Crippen LogP) is 4.98. The maximum Gasteiger partial charge on any atom is 0.260 e. The van der Waals surface area contributed by atoms with Gasteiger partial charge in [-0.1, -0.05) is 34.8 Å². The van der Waals surface area contributed by atoms with Crippen LogP contribution >= 0.6 is 34.8 Å². The maximum absolute atomic E-state index is 12.5. The van der Waals surface area contributed by atoms with E-state index in [-0.39, 0.29) is 10.7 Å². The van der Waals surface area contributed by atoms with Gasteiger partial charge in [0.15, 0.2) is 0 Å². The van der Waals surface area contributed by atoms with E-state index in [1.165, 1.54) is 31.5 Å². The zero-order valence-corrected chi connectivity index (χ0v) is 22.4. The lowest BCUT2D eigenvalue weighted by Gasteiger charge is -2.21. The number of nitrogens with zero attached hydrogens (tertiary/aromatic N) is 3. The second kappa shape index (κ2) is 10.9. The number of aryl methyl sites for hydroxylation is 1. The number of hydrogen-bond acceptors (Lipinski definition) is 5. The molecule has 0 spiro atoms. The van der Waals surface area contributed by atoms with E-state index >= 15 is 0 Å². The van der Waals surface area contributed by atoms with Gasteiger partial charge in [0.1, 0.15) is 12.3 Å². The monoisotopic (exact) mass is 556 g/mol. The summed E-state index contributed by atoms with van der Waals surface area (Å²) in [4.78, 5) is 12.5. The Balaban J connectivity index is 1.76. The van der Waals surface area contributed by atoms with E-state index in [0.717, 1.165) is 33.2 Å². The van der Waals surface area contributed by atoms with Gasteiger partial charge in [-0.15, -0.1) is 0 Å².